The molecule has 0 fully saturated rings. The number of rotatable bonds is 3. The zero-order chi connectivity index (χ0) is 17.1. The van der Waals surface area contributed by atoms with E-state index in [4.69, 9.17) is 0 Å². The second kappa shape index (κ2) is 6.59. The third-order valence-corrected chi connectivity index (χ3v) is 4.17. The molecule has 0 saturated heterocycles. The van der Waals surface area contributed by atoms with Crippen molar-refractivity contribution in [2.75, 3.05) is 10.2 Å². The molecule has 0 aliphatic carbocycles. The van der Waals surface area contributed by atoms with E-state index in [1.165, 1.54) is 5.56 Å². The lowest BCUT2D eigenvalue weighted by Gasteiger charge is -2.20. The first-order valence-corrected chi connectivity index (χ1v) is 7.94. The van der Waals surface area contributed by atoms with Gasteiger partial charge in [0.25, 0.3) is 5.91 Å². The van der Waals surface area contributed by atoms with Crippen molar-refractivity contribution >= 4 is 17.3 Å². The molecule has 1 atom stereocenters. The molecule has 1 heterocycles. The van der Waals surface area contributed by atoms with E-state index in [1.807, 2.05) is 60.4 Å². The van der Waals surface area contributed by atoms with Gasteiger partial charge >= 0.3 is 0 Å². The Morgan fingerprint density at radius 3 is 2.83 bits per heavy atom. The van der Waals surface area contributed by atoms with E-state index in [0.29, 0.717) is 5.69 Å². The molecule has 0 aromatic heterocycles. The molecule has 0 bridgehead atoms. The van der Waals surface area contributed by atoms with Crippen molar-refractivity contribution in [3.05, 3.63) is 71.4 Å². The SMILES string of the molecule is Cc1cccc(NC(=O)/C(C#N)=C\N2c3ccccc3CC2C)c1. The predicted molar refractivity (Wildman–Crippen MR) is 95.6 cm³/mol. The number of aryl methyl sites for hydroxylation is 1. The first-order chi connectivity index (χ1) is 11.6. The molecule has 4 nitrogen and oxygen atoms in total. The molecule has 4 heteroatoms. The first-order valence-electron chi connectivity index (χ1n) is 7.94. The van der Waals surface area contributed by atoms with Crippen molar-refractivity contribution in [2.45, 2.75) is 26.3 Å². The fourth-order valence-corrected chi connectivity index (χ4v) is 2.98. The van der Waals surface area contributed by atoms with Crippen LogP contribution in [0.5, 0.6) is 0 Å². The minimum atomic E-state index is -0.389. The van der Waals surface area contributed by atoms with Crippen LogP contribution in [0.2, 0.25) is 0 Å². The van der Waals surface area contributed by atoms with Gasteiger partial charge in [-0.2, -0.15) is 5.26 Å². The van der Waals surface area contributed by atoms with Gasteiger partial charge in [-0.05, 0) is 49.6 Å². The number of anilines is 2. The van der Waals surface area contributed by atoms with Crippen LogP contribution < -0.4 is 10.2 Å². The summed E-state index contributed by atoms with van der Waals surface area (Å²) in [5, 5.41) is 12.2. The Labute approximate surface area is 142 Å². The van der Waals surface area contributed by atoms with E-state index in [-0.39, 0.29) is 17.5 Å². The number of fused-ring (bicyclic) bond motifs is 1. The second-order valence-electron chi connectivity index (χ2n) is 6.07. The van der Waals surface area contributed by atoms with Crippen LogP contribution in [0.15, 0.2) is 60.3 Å². The number of nitrogens with zero attached hydrogens (tertiary/aromatic N) is 2. The highest BCUT2D eigenvalue weighted by Gasteiger charge is 2.25. The molecule has 0 radical (unpaired) electrons. The smallest absolute Gasteiger partial charge is 0.267 e. The Bertz CT molecular complexity index is 848. The predicted octanol–water partition coefficient (Wildman–Crippen LogP) is 3.79. The van der Waals surface area contributed by atoms with Crippen LogP contribution in [-0.4, -0.2) is 11.9 Å². The Morgan fingerprint density at radius 2 is 2.08 bits per heavy atom. The van der Waals surface area contributed by atoms with Gasteiger partial charge < -0.3 is 10.2 Å². The summed E-state index contributed by atoms with van der Waals surface area (Å²) in [5.74, 6) is -0.389. The third kappa shape index (κ3) is 3.16. The summed E-state index contributed by atoms with van der Waals surface area (Å²) in [5.41, 5.74) is 4.13. The zero-order valence-corrected chi connectivity index (χ0v) is 13.8. The normalized spacial score (nSPS) is 16.5. The minimum absolute atomic E-state index is 0.0973. The fraction of sp³-hybridized carbons (Fsp3) is 0.200. The van der Waals surface area contributed by atoms with Gasteiger partial charge in [-0.15, -0.1) is 0 Å². The molecule has 0 saturated carbocycles. The van der Waals surface area contributed by atoms with E-state index in [0.717, 1.165) is 17.7 Å². The number of carbonyl (C=O) groups excluding carboxylic acids is 1. The fourth-order valence-electron chi connectivity index (χ4n) is 2.98. The molecule has 1 amide bonds. The molecule has 1 unspecified atom stereocenters. The molecule has 1 aliphatic heterocycles. The number of para-hydroxylation sites is 1. The molecular weight excluding hydrogens is 298 g/mol. The van der Waals surface area contributed by atoms with E-state index >= 15 is 0 Å². The Balaban J connectivity index is 1.85. The van der Waals surface area contributed by atoms with Crippen molar-refractivity contribution in [3.63, 3.8) is 0 Å². The summed E-state index contributed by atoms with van der Waals surface area (Å²) < 4.78 is 0. The largest absolute Gasteiger partial charge is 0.343 e. The van der Waals surface area contributed by atoms with Crippen LogP contribution in [0.1, 0.15) is 18.1 Å². The standard InChI is InChI=1S/C20H19N3O/c1-14-6-5-8-18(10-14)22-20(24)17(12-21)13-23-15(2)11-16-7-3-4-9-19(16)23/h3-10,13,15H,11H2,1-2H3,(H,22,24)/b17-13-. The average molecular weight is 317 g/mol. The highest BCUT2D eigenvalue weighted by Crippen LogP contribution is 2.32. The number of nitriles is 1. The molecule has 2 aromatic carbocycles. The Hall–Kier alpha value is -3.06. The number of carbonyl (C=O) groups is 1. The molecule has 1 N–H and O–H groups in total. The number of hydrogen-bond acceptors (Lipinski definition) is 3. The lowest BCUT2D eigenvalue weighted by molar-refractivity contribution is -0.112. The van der Waals surface area contributed by atoms with Gasteiger partial charge in [0, 0.05) is 23.6 Å². The van der Waals surface area contributed by atoms with E-state index in [1.54, 1.807) is 6.20 Å². The van der Waals surface area contributed by atoms with Crippen LogP contribution >= 0.6 is 0 Å². The zero-order valence-electron chi connectivity index (χ0n) is 13.8. The van der Waals surface area contributed by atoms with Crippen molar-refractivity contribution in [1.29, 1.82) is 5.26 Å². The van der Waals surface area contributed by atoms with E-state index in [2.05, 4.69) is 18.3 Å². The number of benzene rings is 2. The van der Waals surface area contributed by atoms with Crippen LogP contribution in [0.3, 0.4) is 0 Å². The maximum atomic E-state index is 12.4. The van der Waals surface area contributed by atoms with Crippen LogP contribution in [0.25, 0.3) is 0 Å². The van der Waals surface area contributed by atoms with Crippen molar-refractivity contribution in [2.24, 2.45) is 0 Å². The van der Waals surface area contributed by atoms with Crippen molar-refractivity contribution in [3.8, 4) is 6.07 Å². The van der Waals surface area contributed by atoms with E-state index in [9.17, 15) is 10.1 Å². The third-order valence-electron chi connectivity index (χ3n) is 4.17. The summed E-state index contributed by atoms with van der Waals surface area (Å²) in [6.07, 6.45) is 2.56. The number of amides is 1. The summed E-state index contributed by atoms with van der Waals surface area (Å²) >= 11 is 0. The molecule has 3 rings (SSSR count). The van der Waals surface area contributed by atoms with Gasteiger partial charge in [0.1, 0.15) is 11.6 Å². The summed E-state index contributed by atoms with van der Waals surface area (Å²) in [6.45, 7) is 4.05. The Kier molecular flexibility index (Phi) is 4.35. The van der Waals surface area contributed by atoms with Crippen LogP contribution in [-0.2, 0) is 11.2 Å². The highest BCUT2D eigenvalue weighted by atomic mass is 16.1. The molecule has 24 heavy (non-hydrogen) atoms. The average Bonchev–Trinajstić information content (AvgIpc) is 2.87. The van der Waals surface area contributed by atoms with Gasteiger partial charge in [-0.3, -0.25) is 4.79 Å². The van der Waals surface area contributed by atoms with Crippen molar-refractivity contribution < 1.29 is 4.79 Å². The number of nitrogens with one attached hydrogen (secondary N) is 1. The highest BCUT2D eigenvalue weighted by molar-refractivity contribution is 6.06. The van der Waals surface area contributed by atoms with E-state index < -0.39 is 0 Å². The van der Waals surface area contributed by atoms with Gasteiger partial charge in [0.15, 0.2) is 0 Å². The Morgan fingerprint density at radius 1 is 1.29 bits per heavy atom. The summed E-state index contributed by atoms with van der Waals surface area (Å²) in [7, 11) is 0. The maximum absolute atomic E-state index is 12.4. The van der Waals surface area contributed by atoms with Gasteiger partial charge in [-0.25, -0.2) is 0 Å². The molecule has 120 valence electrons. The molecule has 0 spiro atoms. The van der Waals surface area contributed by atoms with Crippen LogP contribution in [0, 0.1) is 18.3 Å². The first kappa shape index (κ1) is 15.8. The quantitative estimate of drug-likeness (QED) is 0.692. The van der Waals surface area contributed by atoms with Gasteiger partial charge in [0.05, 0.1) is 0 Å². The lowest BCUT2D eigenvalue weighted by atomic mass is 10.1. The maximum Gasteiger partial charge on any atom is 0.267 e. The monoisotopic (exact) mass is 317 g/mol. The minimum Gasteiger partial charge on any atom is -0.343 e. The van der Waals surface area contributed by atoms with Gasteiger partial charge in [0.2, 0.25) is 0 Å². The number of hydrogen-bond donors (Lipinski definition) is 1. The second-order valence-corrected chi connectivity index (χ2v) is 6.07. The molecule has 2 aromatic rings. The molecular formula is C20H19N3O. The molecule has 1 aliphatic rings. The lowest BCUT2D eigenvalue weighted by Crippen LogP contribution is -2.25. The van der Waals surface area contributed by atoms with Crippen molar-refractivity contribution in [1.82, 2.24) is 0 Å². The van der Waals surface area contributed by atoms with Crippen LogP contribution in [0.4, 0.5) is 11.4 Å². The van der Waals surface area contributed by atoms with Gasteiger partial charge in [-0.1, -0.05) is 30.3 Å². The summed E-state index contributed by atoms with van der Waals surface area (Å²) in [6, 6.07) is 17.8. The summed E-state index contributed by atoms with van der Waals surface area (Å²) in [4.78, 5) is 14.4. The topological polar surface area (TPSA) is 56.1 Å².